The highest BCUT2D eigenvalue weighted by atomic mass is 16.5. The molecule has 0 aromatic carbocycles. The van der Waals surface area contributed by atoms with E-state index in [1.165, 1.54) is 0 Å². The van der Waals surface area contributed by atoms with Crippen molar-refractivity contribution in [3.8, 4) is 0 Å². The van der Waals surface area contributed by atoms with Gasteiger partial charge in [-0.15, -0.1) is 0 Å². The van der Waals surface area contributed by atoms with Crippen molar-refractivity contribution in [2.45, 2.75) is 32.6 Å². The standard InChI is InChI=1S/C12H24N6O2/c1-12(4-10-19-8-2-6-15-17-13)5-11-20-9-3-7-16-18-14/h12H,2-11H2,1H3. The average molecular weight is 284 g/mol. The van der Waals surface area contributed by atoms with Crippen molar-refractivity contribution in [3.63, 3.8) is 0 Å². The fourth-order valence-corrected chi connectivity index (χ4v) is 1.48. The second-order valence-corrected chi connectivity index (χ2v) is 4.52. The van der Waals surface area contributed by atoms with E-state index >= 15 is 0 Å². The summed E-state index contributed by atoms with van der Waals surface area (Å²) in [6, 6.07) is 0. The highest BCUT2D eigenvalue weighted by Gasteiger charge is 2.02. The molecular weight excluding hydrogens is 260 g/mol. The summed E-state index contributed by atoms with van der Waals surface area (Å²) in [7, 11) is 0. The smallest absolute Gasteiger partial charge is 0.0468 e. The van der Waals surface area contributed by atoms with Crippen molar-refractivity contribution >= 4 is 0 Å². The number of ether oxygens (including phenoxy) is 2. The number of hydrogen-bond acceptors (Lipinski definition) is 4. The Bertz CT molecular complexity index is 283. The molecule has 0 aliphatic heterocycles. The van der Waals surface area contributed by atoms with E-state index in [2.05, 4.69) is 27.0 Å². The van der Waals surface area contributed by atoms with E-state index in [1.807, 2.05) is 0 Å². The van der Waals surface area contributed by atoms with Gasteiger partial charge in [-0.1, -0.05) is 17.2 Å². The lowest BCUT2D eigenvalue weighted by atomic mass is 10.1. The maximum Gasteiger partial charge on any atom is 0.0468 e. The van der Waals surface area contributed by atoms with E-state index in [9.17, 15) is 0 Å². The van der Waals surface area contributed by atoms with Crippen LogP contribution in [0.2, 0.25) is 0 Å². The maximum atomic E-state index is 8.09. The molecule has 0 rings (SSSR count). The third-order valence-corrected chi connectivity index (χ3v) is 2.73. The van der Waals surface area contributed by atoms with Crippen LogP contribution in [0.25, 0.3) is 20.9 Å². The molecule has 0 spiro atoms. The van der Waals surface area contributed by atoms with Crippen LogP contribution in [0.1, 0.15) is 32.6 Å². The predicted molar refractivity (Wildman–Crippen MR) is 77.3 cm³/mol. The van der Waals surface area contributed by atoms with Crippen LogP contribution >= 0.6 is 0 Å². The minimum atomic E-state index is 0.496. The van der Waals surface area contributed by atoms with Crippen molar-refractivity contribution in [2.24, 2.45) is 16.1 Å². The lowest BCUT2D eigenvalue weighted by molar-refractivity contribution is 0.0987. The summed E-state index contributed by atoms with van der Waals surface area (Å²) in [6.07, 6.45) is 3.55. The molecule has 0 amide bonds. The first-order valence-corrected chi connectivity index (χ1v) is 6.98. The maximum absolute atomic E-state index is 8.09. The van der Waals surface area contributed by atoms with Gasteiger partial charge in [-0.25, -0.2) is 0 Å². The van der Waals surface area contributed by atoms with Crippen LogP contribution in [0.5, 0.6) is 0 Å². The predicted octanol–water partition coefficient (Wildman–Crippen LogP) is 3.84. The minimum Gasteiger partial charge on any atom is -0.381 e. The van der Waals surface area contributed by atoms with Crippen molar-refractivity contribution < 1.29 is 9.47 Å². The van der Waals surface area contributed by atoms with Gasteiger partial charge in [-0.05, 0) is 42.7 Å². The Hall–Kier alpha value is -1.46. The van der Waals surface area contributed by atoms with Crippen molar-refractivity contribution in [1.82, 2.24) is 0 Å². The number of nitrogens with zero attached hydrogens (tertiary/aromatic N) is 6. The molecular formula is C12H24N6O2. The van der Waals surface area contributed by atoms with Crippen molar-refractivity contribution in [2.75, 3.05) is 39.5 Å². The topological polar surface area (TPSA) is 116 Å². The van der Waals surface area contributed by atoms with Crippen LogP contribution in [0.4, 0.5) is 0 Å². The molecule has 0 atom stereocenters. The summed E-state index contributed by atoms with van der Waals surface area (Å²) < 4.78 is 10.9. The van der Waals surface area contributed by atoms with Crippen LogP contribution in [0, 0.1) is 5.92 Å². The van der Waals surface area contributed by atoms with Crippen LogP contribution < -0.4 is 0 Å². The van der Waals surface area contributed by atoms with Crippen LogP contribution in [0.3, 0.4) is 0 Å². The number of azide groups is 2. The summed E-state index contributed by atoms with van der Waals surface area (Å²) in [5.74, 6) is 0.559. The highest BCUT2D eigenvalue weighted by molar-refractivity contribution is 4.53. The average Bonchev–Trinajstić information content (AvgIpc) is 2.45. The normalized spacial score (nSPS) is 11.4. The first kappa shape index (κ1) is 18.5. The zero-order chi connectivity index (χ0) is 14.9. The van der Waals surface area contributed by atoms with Gasteiger partial charge in [0.1, 0.15) is 0 Å². The molecule has 0 heterocycles. The summed E-state index contributed by atoms with van der Waals surface area (Å²) in [5.41, 5.74) is 16.2. The van der Waals surface area contributed by atoms with Crippen molar-refractivity contribution in [1.29, 1.82) is 0 Å². The molecule has 0 aromatic heterocycles. The summed E-state index contributed by atoms with van der Waals surface area (Å²) >= 11 is 0. The quantitative estimate of drug-likeness (QED) is 0.208. The summed E-state index contributed by atoms with van der Waals surface area (Å²) in [6.45, 7) is 5.91. The van der Waals surface area contributed by atoms with Crippen LogP contribution in [-0.4, -0.2) is 39.5 Å². The summed E-state index contributed by atoms with van der Waals surface area (Å²) in [5, 5.41) is 6.88. The SMILES string of the molecule is CC(CCOCCCN=[N+]=[N-])CCOCCCN=[N+]=[N-]. The zero-order valence-corrected chi connectivity index (χ0v) is 12.1. The Balaban J connectivity index is 3.22. The molecule has 0 aliphatic rings. The second-order valence-electron chi connectivity index (χ2n) is 4.52. The third-order valence-electron chi connectivity index (χ3n) is 2.73. The van der Waals surface area contributed by atoms with Gasteiger partial charge in [0.25, 0.3) is 0 Å². The number of hydrogen-bond donors (Lipinski definition) is 0. The van der Waals surface area contributed by atoms with Gasteiger partial charge in [-0.3, -0.25) is 0 Å². The Morgan fingerprint density at radius 1 is 0.850 bits per heavy atom. The van der Waals surface area contributed by atoms with Gasteiger partial charge in [-0.2, -0.15) is 0 Å². The minimum absolute atomic E-state index is 0.496. The first-order valence-electron chi connectivity index (χ1n) is 6.98. The van der Waals surface area contributed by atoms with Gasteiger partial charge in [0.2, 0.25) is 0 Å². The monoisotopic (exact) mass is 284 g/mol. The van der Waals surface area contributed by atoms with Crippen LogP contribution in [0.15, 0.2) is 10.2 Å². The van der Waals surface area contributed by atoms with Gasteiger partial charge < -0.3 is 9.47 Å². The lowest BCUT2D eigenvalue weighted by Crippen LogP contribution is -2.07. The molecule has 20 heavy (non-hydrogen) atoms. The first-order chi connectivity index (χ1) is 9.81. The molecule has 0 radical (unpaired) electrons. The molecule has 114 valence electrons. The summed E-state index contributed by atoms with van der Waals surface area (Å²) in [4.78, 5) is 5.36. The van der Waals surface area contributed by atoms with E-state index < -0.39 is 0 Å². The lowest BCUT2D eigenvalue weighted by Gasteiger charge is -2.11. The van der Waals surface area contributed by atoms with E-state index in [1.54, 1.807) is 0 Å². The van der Waals surface area contributed by atoms with E-state index in [0.717, 1.165) is 38.9 Å². The molecule has 0 aromatic rings. The molecule has 0 N–H and O–H groups in total. The Labute approximate surface area is 119 Å². The van der Waals surface area contributed by atoms with E-state index in [0.29, 0.717) is 32.2 Å². The Kier molecular flexibility index (Phi) is 14.5. The molecule has 0 saturated heterocycles. The molecule has 8 heteroatoms. The second kappa shape index (κ2) is 15.6. The molecule has 0 unspecified atom stereocenters. The van der Waals surface area contributed by atoms with Gasteiger partial charge >= 0.3 is 0 Å². The van der Waals surface area contributed by atoms with Gasteiger partial charge in [0.05, 0.1) is 0 Å². The highest BCUT2D eigenvalue weighted by Crippen LogP contribution is 2.07. The van der Waals surface area contributed by atoms with Gasteiger partial charge in [0.15, 0.2) is 0 Å². The van der Waals surface area contributed by atoms with Crippen LogP contribution in [-0.2, 0) is 9.47 Å². The zero-order valence-electron chi connectivity index (χ0n) is 12.1. The largest absolute Gasteiger partial charge is 0.381 e. The fourth-order valence-electron chi connectivity index (χ4n) is 1.48. The van der Waals surface area contributed by atoms with Gasteiger partial charge in [0, 0.05) is 49.3 Å². The fraction of sp³-hybridized carbons (Fsp3) is 1.00. The Morgan fingerprint density at radius 3 is 1.70 bits per heavy atom. The molecule has 0 bridgehead atoms. The third kappa shape index (κ3) is 14.6. The molecule has 0 saturated carbocycles. The van der Waals surface area contributed by atoms with E-state index in [-0.39, 0.29) is 0 Å². The molecule has 0 fully saturated rings. The Morgan fingerprint density at radius 2 is 1.30 bits per heavy atom. The van der Waals surface area contributed by atoms with Crippen molar-refractivity contribution in [3.05, 3.63) is 20.9 Å². The number of rotatable bonds is 14. The molecule has 0 aliphatic carbocycles. The van der Waals surface area contributed by atoms with E-state index in [4.69, 9.17) is 20.5 Å². The molecule has 8 nitrogen and oxygen atoms in total.